The molecule has 1 amide bonds. The minimum Gasteiger partial charge on any atom is -0.457 e. The van der Waals surface area contributed by atoms with Crippen molar-refractivity contribution in [2.45, 2.75) is 39.0 Å². The molecule has 2 aromatic carbocycles. The van der Waals surface area contributed by atoms with Gasteiger partial charge < -0.3 is 24.7 Å². The molecule has 0 unspecified atom stereocenters. The summed E-state index contributed by atoms with van der Waals surface area (Å²) >= 11 is 6.45. The third kappa shape index (κ3) is 7.35. The summed E-state index contributed by atoms with van der Waals surface area (Å²) in [5, 5.41) is 7.05. The summed E-state index contributed by atoms with van der Waals surface area (Å²) < 4.78 is 13.5. The van der Waals surface area contributed by atoms with Crippen LogP contribution in [0.3, 0.4) is 0 Å². The smallest absolute Gasteiger partial charge is 0.225 e. The number of aryl methyl sites for hydroxylation is 1. The van der Waals surface area contributed by atoms with Crippen LogP contribution in [0.1, 0.15) is 39.2 Å². The molecule has 3 heterocycles. The van der Waals surface area contributed by atoms with Crippen LogP contribution in [0.2, 0.25) is 5.02 Å². The van der Waals surface area contributed by atoms with Gasteiger partial charge in [0.25, 0.3) is 0 Å². The van der Waals surface area contributed by atoms with Crippen LogP contribution in [0.25, 0.3) is 11.0 Å². The Morgan fingerprint density at radius 2 is 1.85 bits per heavy atom. The van der Waals surface area contributed by atoms with Crippen molar-refractivity contribution in [3.8, 4) is 11.5 Å². The number of benzene rings is 2. The van der Waals surface area contributed by atoms with E-state index in [4.69, 9.17) is 26.1 Å². The molecule has 41 heavy (non-hydrogen) atoms. The molecule has 2 aromatic heterocycles. The molecule has 10 heteroatoms. The first-order valence-electron chi connectivity index (χ1n) is 13.9. The van der Waals surface area contributed by atoms with Crippen LogP contribution in [-0.4, -0.2) is 58.2 Å². The number of halogens is 1. The van der Waals surface area contributed by atoms with Crippen LogP contribution in [0, 0.1) is 0 Å². The zero-order valence-corrected chi connectivity index (χ0v) is 24.8. The molecule has 5 rings (SSSR count). The van der Waals surface area contributed by atoms with E-state index < -0.39 is 0 Å². The number of morpholine rings is 1. The molecule has 4 aromatic rings. The normalized spacial score (nSPS) is 14.3. The SMILES string of the molecule is Cn1c(Nc2ccc(Cl)c(C(C)(C)C)c2)nc2cc(Oc3ccnc(NC(=O)CCCN4CCOCC4)c3)ccc21. The van der Waals surface area contributed by atoms with E-state index in [0.29, 0.717) is 29.7 Å². The third-order valence-electron chi connectivity index (χ3n) is 7.10. The summed E-state index contributed by atoms with van der Waals surface area (Å²) in [6, 6.07) is 15.2. The average Bonchev–Trinajstić information content (AvgIpc) is 3.24. The maximum Gasteiger partial charge on any atom is 0.225 e. The molecular weight excluding hydrogens is 540 g/mol. The maximum absolute atomic E-state index is 12.5. The number of nitrogens with zero attached hydrogens (tertiary/aromatic N) is 4. The van der Waals surface area contributed by atoms with Gasteiger partial charge in [-0.2, -0.15) is 0 Å². The number of hydrogen-bond donors (Lipinski definition) is 2. The number of pyridine rings is 1. The minimum atomic E-state index is -0.0773. The van der Waals surface area contributed by atoms with Gasteiger partial charge in [-0.15, -0.1) is 0 Å². The molecule has 1 aliphatic heterocycles. The van der Waals surface area contributed by atoms with Gasteiger partial charge in [0.05, 0.1) is 24.2 Å². The van der Waals surface area contributed by atoms with Crippen molar-refractivity contribution in [1.82, 2.24) is 19.4 Å². The van der Waals surface area contributed by atoms with E-state index in [1.54, 1.807) is 18.3 Å². The van der Waals surface area contributed by atoms with Gasteiger partial charge in [0, 0.05) is 55.6 Å². The number of imidazole rings is 1. The fourth-order valence-corrected chi connectivity index (χ4v) is 5.24. The lowest BCUT2D eigenvalue weighted by Crippen LogP contribution is -2.37. The molecule has 1 saturated heterocycles. The number of aromatic nitrogens is 3. The lowest BCUT2D eigenvalue weighted by Gasteiger charge is -2.26. The fraction of sp³-hybridized carbons (Fsp3) is 0.387. The first-order valence-corrected chi connectivity index (χ1v) is 14.3. The third-order valence-corrected chi connectivity index (χ3v) is 7.43. The van der Waals surface area contributed by atoms with Crippen molar-refractivity contribution < 1.29 is 14.3 Å². The van der Waals surface area contributed by atoms with Crippen LogP contribution >= 0.6 is 11.6 Å². The van der Waals surface area contributed by atoms with E-state index in [1.807, 2.05) is 41.9 Å². The quantitative estimate of drug-likeness (QED) is 0.235. The van der Waals surface area contributed by atoms with Crippen LogP contribution < -0.4 is 15.4 Å². The van der Waals surface area contributed by atoms with E-state index in [1.165, 1.54) is 0 Å². The molecule has 0 radical (unpaired) electrons. The Morgan fingerprint density at radius 1 is 1.07 bits per heavy atom. The molecule has 216 valence electrons. The van der Waals surface area contributed by atoms with E-state index >= 15 is 0 Å². The monoisotopic (exact) mass is 576 g/mol. The summed E-state index contributed by atoms with van der Waals surface area (Å²) in [4.78, 5) is 23.9. The highest BCUT2D eigenvalue weighted by Crippen LogP contribution is 2.33. The number of anilines is 3. The predicted molar refractivity (Wildman–Crippen MR) is 164 cm³/mol. The van der Waals surface area contributed by atoms with Gasteiger partial charge in [0.1, 0.15) is 17.3 Å². The fourth-order valence-electron chi connectivity index (χ4n) is 4.83. The van der Waals surface area contributed by atoms with Gasteiger partial charge in [0.2, 0.25) is 11.9 Å². The largest absolute Gasteiger partial charge is 0.457 e. The Bertz CT molecular complexity index is 1520. The molecule has 0 aliphatic carbocycles. The van der Waals surface area contributed by atoms with E-state index in [9.17, 15) is 4.79 Å². The maximum atomic E-state index is 12.5. The van der Waals surface area contributed by atoms with Gasteiger partial charge in [-0.3, -0.25) is 9.69 Å². The first-order chi connectivity index (χ1) is 19.7. The molecule has 0 atom stereocenters. The van der Waals surface area contributed by atoms with Crippen LogP contribution in [0.5, 0.6) is 11.5 Å². The number of fused-ring (bicyclic) bond motifs is 1. The second-order valence-electron chi connectivity index (χ2n) is 11.3. The number of ether oxygens (including phenoxy) is 2. The first kappa shape index (κ1) is 28.9. The van der Waals surface area contributed by atoms with Gasteiger partial charge in [-0.05, 0) is 60.3 Å². The number of hydrogen-bond acceptors (Lipinski definition) is 7. The molecule has 2 N–H and O–H groups in total. The van der Waals surface area contributed by atoms with Gasteiger partial charge in [0.15, 0.2) is 0 Å². The van der Waals surface area contributed by atoms with E-state index in [0.717, 1.165) is 66.6 Å². The number of carbonyl (C=O) groups excluding carboxylic acids is 1. The average molecular weight is 577 g/mol. The van der Waals surface area contributed by atoms with Crippen molar-refractivity contribution in [2.24, 2.45) is 7.05 Å². The van der Waals surface area contributed by atoms with Crippen molar-refractivity contribution in [1.29, 1.82) is 0 Å². The molecular formula is C31H37ClN6O3. The molecule has 0 spiro atoms. The summed E-state index contributed by atoms with van der Waals surface area (Å²) in [5.41, 5.74) is 3.66. The number of amides is 1. The predicted octanol–water partition coefficient (Wildman–Crippen LogP) is 6.51. The standard InChI is InChI=1S/C31H37ClN6O3/c1-31(2,3)24-18-21(7-9-25(24)32)34-30-35-26-19-22(8-10-27(26)37(30)4)41-23-11-12-33-28(20-23)36-29(39)6-5-13-38-14-16-40-17-15-38/h7-12,18-20H,5-6,13-17H2,1-4H3,(H,34,35)(H,33,36,39). The molecule has 9 nitrogen and oxygen atoms in total. The highest BCUT2D eigenvalue weighted by Gasteiger charge is 2.19. The highest BCUT2D eigenvalue weighted by molar-refractivity contribution is 6.31. The number of nitrogens with one attached hydrogen (secondary N) is 2. The Balaban J connectivity index is 1.22. The molecule has 0 saturated carbocycles. The summed E-state index contributed by atoms with van der Waals surface area (Å²) in [7, 11) is 1.97. The Kier molecular flexibility index (Phi) is 8.77. The summed E-state index contributed by atoms with van der Waals surface area (Å²) in [6.07, 6.45) is 2.85. The zero-order valence-electron chi connectivity index (χ0n) is 24.0. The van der Waals surface area contributed by atoms with Gasteiger partial charge in [-0.1, -0.05) is 32.4 Å². The minimum absolute atomic E-state index is 0.0619. The van der Waals surface area contributed by atoms with Crippen molar-refractivity contribution >= 4 is 46.0 Å². The number of rotatable bonds is 9. The van der Waals surface area contributed by atoms with Crippen molar-refractivity contribution in [3.63, 3.8) is 0 Å². The van der Waals surface area contributed by atoms with Crippen molar-refractivity contribution in [2.75, 3.05) is 43.5 Å². The van der Waals surface area contributed by atoms with E-state index in [2.05, 4.69) is 47.4 Å². The van der Waals surface area contributed by atoms with E-state index in [-0.39, 0.29) is 11.3 Å². The zero-order chi connectivity index (χ0) is 29.0. The summed E-state index contributed by atoms with van der Waals surface area (Å²) in [5.74, 6) is 2.32. The van der Waals surface area contributed by atoms with Crippen LogP contribution in [0.15, 0.2) is 54.7 Å². The lowest BCUT2D eigenvalue weighted by molar-refractivity contribution is -0.116. The second kappa shape index (κ2) is 12.5. The topological polar surface area (TPSA) is 93.5 Å². The molecule has 0 bridgehead atoms. The Hall–Kier alpha value is -3.66. The van der Waals surface area contributed by atoms with Crippen LogP contribution in [0.4, 0.5) is 17.5 Å². The summed E-state index contributed by atoms with van der Waals surface area (Å²) in [6.45, 7) is 10.7. The van der Waals surface area contributed by atoms with Crippen LogP contribution in [-0.2, 0) is 22.0 Å². The van der Waals surface area contributed by atoms with Gasteiger partial charge >= 0.3 is 0 Å². The second-order valence-corrected chi connectivity index (χ2v) is 11.7. The molecule has 1 aliphatic rings. The Labute approximate surface area is 245 Å². The number of carbonyl (C=O) groups is 1. The highest BCUT2D eigenvalue weighted by atomic mass is 35.5. The molecule has 1 fully saturated rings. The van der Waals surface area contributed by atoms with Gasteiger partial charge in [-0.25, -0.2) is 9.97 Å². The lowest BCUT2D eigenvalue weighted by atomic mass is 9.87. The Morgan fingerprint density at radius 3 is 2.63 bits per heavy atom. The van der Waals surface area contributed by atoms with Crippen molar-refractivity contribution in [3.05, 3.63) is 65.3 Å².